The SMILES string of the molecule is Cc1ccc2ccc(C(Nc3ccccn3)c3cccnc3)c(O)c2n1.Cl. The second-order valence-corrected chi connectivity index (χ2v) is 6.11. The molecule has 0 saturated carbocycles. The summed E-state index contributed by atoms with van der Waals surface area (Å²) in [5.41, 5.74) is 3.12. The van der Waals surface area contributed by atoms with Crippen LogP contribution in [0.5, 0.6) is 5.75 Å². The number of pyridine rings is 3. The highest BCUT2D eigenvalue weighted by atomic mass is 35.5. The van der Waals surface area contributed by atoms with Crippen molar-refractivity contribution in [1.29, 1.82) is 0 Å². The number of benzene rings is 1. The minimum atomic E-state index is -0.301. The molecule has 1 aromatic carbocycles. The van der Waals surface area contributed by atoms with E-state index in [0.29, 0.717) is 5.52 Å². The lowest BCUT2D eigenvalue weighted by Crippen LogP contribution is -2.14. The molecule has 0 radical (unpaired) electrons. The number of aryl methyl sites for hydroxylation is 1. The Bertz CT molecular complexity index is 1040. The summed E-state index contributed by atoms with van der Waals surface area (Å²) < 4.78 is 0. The van der Waals surface area contributed by atoms with E-state index >= 15 is 0 Å². The topological polar surface area (TPSA) is 70.9 Å². The third kappa shape index (κ3) is 3.83. The molecule has 1 atom stereocenters. The van der Waals surface area contributed by atoms with Crippen LogP contribution in [-0.4, -0.2) is 20.1 Å². The number of anilines is 1. The second kappa shape index (κ2) is 8.01. The van der Waals surface area contributed by atoms with Crippen LogP contribution in [0.2, 0.25) is 0 Å². The first-order valence-corrected chi connectivity index (χ1v) is 8.39. The third-order valence-electron chi connectivity index (χ3n) is 4.29. The molecule has 27 heavy (non-hydrogen) atoms. The first-order chi connectivity index (χ1) is 12.7. The Morgan fingerprint density at radius 1 is 0.963 bits per heavy atom. The fourth-order valence-corrected chi connectivity index (χ4v) is 3.00. The number of rotatable bonds is 4. The summed E-state index contributed by atoms with van der Waals surface area (Å²) in [6, 6.07) is 17.0. The summed E-state index contributed by atoms with van der Waals surface area (Å²) >= 11 is 0. The van der Waals surface area contributed by atoms with Crippen molar-refractivity contribution in [3.63, 3.8) is 0 Å². The maximum Gasteiger partial charge on any atom is 0.147 e. The molecule has 0 aliphatic carbocycles. The summed E-state index contributed by atoms with van der Waals surface area (Å²) in [7, 11) is 0. The Labute approximate surface area is 163 Å². The summed E-state index contributed by atoms with van der Waals surface area (Å²) in [5, 5.41) is 15.2. The third-order valence-corrected chi connectivity index (χ3v) is 4.29. The van der Waals surface area contributed by atoms with Gasteiger partial charge in [-0.05, 0) is 36.8 Å². The molecular formula is C21H19ClN4O. The molecule has 0 amide bonds. The summed E-state index contributed by atoms with van der Waals surface area (Å²) in [4.78, 5) is 13.1. The standard InChI is InChI=1S/C21H18N4O.ClH/c1-14-7-8-15-9-10-17(21(26)20(15)24-14)19(16-5-4-11-22-13-16)25-18-6-2-3-12-23-18;/h2-13,19,26H,1H3,(H,23,25);1H. The van der Waals surface area contributed by atoms with Crippen LogP contribution in [0.25, 0.3) is 10.9 Å². The fourth-order valence-electron chi connectivity index (χ4n) is 3.00. The molecule has 0 aliphatic rings. The van der Waals surface area contributed by atoms with E-state index < -0.39 is 0 Å². The molecule has 0 aliphatic heterocycles. The van der Waals surface area contributed by atoms with Crippen molar-refractivity contribution in [1.82, 2.24) is 15.0 Å². The van der Waals surface area contributed by atoms with Crippen LogP contribution < -0.4 is 5.32 Å². The molecule has 3 heterocycles. The monoisotopic (exact) mass is 378 g/mol. The highest BCUT2D eigenvalue weighted by molar-refractivity contribution is 5.86. The maximum absolute atomic E-state index is 10.9. The number of aromatic hydroxyl groups is 1. The normalized spacial score (nSPS) is 11.6. The minimum absolute atomic E-state index is 0. The number of phenols is 1. The highest BCUT2D eigenvalue weighted by Crippen LogP contribution is 2.36. The lowest BCUT2D eigenvalue weighted by Gasteiger charge is -2.21. The smallest absolute Gasteiger partial charge is 0.147 e. The number of fused-ring (bicyclic) bond motifs is 1. The number of halogens is 1. The van der Waals surface area contributed by atoms with Gasteiger partial charge >= 0.3 is 0 Å². The first kappa shape index (κ1) is 18.6. The van der Waals surface area contributed by atoms with Crippen molar-refractivity contribution in [3.8, 4) is 5.75 Å². The van der Waals surface area contributed by atoms with Crippen molar-refractivity contribution < 1.29 is 5.11 Å². The van der Waals surface area contributed by atoms with Crippen molar-refractivity contribution in [2.75, 3.05) is 5.32 Å². The number of hydrogen-bond donors (Lipinski definition) is 2. The summed E-state index contributed by atoms with van der Waals surface area (Å²) in [5.74, 6) is 0.890. The highest BCUT2D eigenvalue weighted by Gasteiger charge is 2.20. The van der Waals surface area contributed by atoms with Gasteiger partial charge in [-0.3, -0.25) is 4.98 Å². The first-order valence-electron chi connectivity index (χ1n) is 8.39. The molecule has 0 fully saturated rings. The number of hydrogen-bond acceptors (Lipinski definition) is 5. The van der Waals surface area contributed by atoms with Gasteiger partial charge in [0.1, 0.15) is 17.1 Å². The van der Waals surface area contributed by atoms with Gasteiger partial charge in [0.25, 0.3) is 0 Å². The average molecular weight is 379 g/mol. The van der Waals surface area contributed by atoms with Crippen LogP contribution in [0, 0.1) is 6.92 Å². The van der Waals surface area contributed by atoms with Gasteiger partial charge in [-0.25, -0.2) is 9.97 Å². The van der Waals surface area contributed by atoms with E-state index in [9.17, 15) is 5.11 Å². The number of nitrogens with one attached hydrogen (secondary N) is 1. The van der Waals surface area contributed by atoms with Gasteiger partial charge in [0.05, 0.1) is 6.04 Å². The Balaban J connectivity index is 0.00000210. The van der Waals surface area contributed by atoms with Crippen molar-refractivity contribution >= 4 is 29.1 Å². The molecular weight excluding hydrogens is 360 g/mol. The number of aromatic nitrogens is 3. The maximum atomic E-state index is 10.9. The number of phenolic OH excluding ortho intramolecular Hbond substituents is 1. The van der Waals surface area contributed by atoms with Crippen molar-refractivity contribution in [2.45, 2.75) is 13.0 Å². The molecule has 0 saturated heterocycles. The van der Waals surface area contributed by atoms with Gasteiger partial charge in [-0.1, -0.05) is 30.3 Å². The van der Waals surface area contributed by atoms with Gasteiger partial charge in [-0.2, -0.15) is 0 Å². The van der Waals surface area contributed by atoms with Gasteiger partial charge in [-0.15, -0.1) is 12.4 Å². The summed E-state index contributed by atoms with van der Waals surface area (Å²) in [6.45, 7) is 1.91. The van der Waals surface area contributed by atoms with Crippen LogP contribution in [0.3, 0.4) is 0 Å². The zero-order valence-corrected chi connectivity index (χ0v) is 15.5. The fraction of sp³-hybridized carbons (Fsp3) is 0.0952. The predicted molar refractivity (Wildman–Crippen MR) is 109 cm³/mol. The second-order valence-electron chi connectivity index (χ2n) is 6.11. The molecule has 0 spiro atoms. The Kier molecular flexibility index (Phi) is 5.52. The lowest BCUT2D eigenvalue weighted by atomic mass is 9.97. The molecule has 0 bridgehead atoms. The largest absolute Gasteiger partial charge is 0.505 e. The molecule has 4 rings (SSSR count). The van der Waals surface area contributed by atoms with Gasteiger partial charge in [0, 0.05) is 35.2 Å². The van der Waals surface area contributed by atoms with Crippen LogP contribution in [0.15, 0.2) is 73.2 Å². The van der Waals surface area contributed by atoms with Crippen LogP contribution in [0.4, 0.5) is 5.82 Å². The summed E-state index contributed by atoms with van der Waals surface area (Å²) in [6.07, 6.45) is 5.24. The zero-order chi connectivity index (χ0) is 17.9. The van der Waals surface area contributed by atoms with Crippen LogP contribution in [0.1, 0.15) is 22.9 Å². The van der Waals surface area contributed by atoms with E-state index in [1.165, 1.54) is 0 Å². The van der Waals surface area contributed by atoms with E-state index in [4.69, 9.17) is 0 Å². The van der Waals surface area contributed by atoms with Gasteiger partial charge in [0.15, 0.2) is 0 Å². The molecule has 1 unspecified atom stereocenters. The van der Waals surface area contributed by atoms with Gasteiger partial charge < -0.3 is 10.4 Å². The number of nitrogens with zero attached hydrogens (tertiary/aromatic N) is 3. The average Bonchev–Trinajstić information content (AvgIpc) is 2.69. The molecule has 5 nitrogen and oxygen atoms in total. The van der Waals surface area contributed by atoms with Crippen LogP contribution >= 0.6 is 12.4 Å². The molecule has 6 heteroatoms. The van der Waals surface area contributed by atoms with Crippen LogP contribution in [-0.2, 0) is 0 Å². The molecule has 3 aromatic heterocycles. The minimum Gasteiger partial charge on any atom is -0.505 e. The van der Waals surface area contributed by atoms with Gasteiger partial charge in [0.2, 0.25) is 0 Å². The van der Waals surface area contributed by atoms with E-state index in [0.717, 1.165) is 28.0 Å². The molecule has 2 N–H and O–H groups in total. The quantitative estimate of drug-likeness (QED) is 0.540. The predicted octanol–water partition coefficient (Wildman–Crippen LogP) is 4.66. The lowest BCUT2D eigenvalue weighted by molar-refractivity contribution is 0.471. The zero-order valence-electron chi connectivity index (χ0n) is 14.7. The molecule has 136 valence electrons. The van der Waals surface area contributed by atoms with E-state index in [-0.39, 0.29) is 24.2 Å². The Hall–Kier alpha value is -3.18. The Morgan fingerprint density at radius 2 is 1.81 bits per heavy atom. The van der Waals surface area contributed by atoms with E-state index in [1.54, 1.807) is 18.6 Å². The Morgan fingerprint density at radius 3 is 2.56 bits per heavy atom. The van der Waals surface area contributed by atoms with Crippen molar-refractivity contribution in [2.24, 2.45) is 0 Å². The van der Waals surface area contributed by atoms with E-state index in [2.05, 4.69) is 20.3 Å². The van der Waals surface area contributed by atoms with Crippen molar-refractivity contribution in [3.05, 3.63) is 90.0 Å². The molecule has 4 aromatic rings. The van der Waals surface area contributed by atoms with E-state index in [1.807, 2.05) is 61.5 Å².